The second-order valence-corrected chi connectivity index (χ2v) is 8.16. The zero-order valence-electron chi connectivity index (χ0n) is 13.8. The van der Waals surface area contributed by atoms with Gasteiger partial charge in [-0.1, -0.05) is 20.3 Å². The first-order valence-corrected chi connectivity index (χ1v) is 9.44. The van der Waals surface area contributed by atoms with E-state index in [1.165, 1.54) is 31.4 Å². The van der Waals surface area contributed by atoms with Crippen LogP contribution in [0.2, 0.25) is 0 Å². The molecule has 0 aromatic heterocycles. The third-order valence-electron chi connectivity index (χ3n) is 4.23. The van der Waals surface area contributed by atoms with Gasteiger partial charge in [0, 0.05) is 23.3 Å². The molecule has 1 saturated heterocycles. The zero-order valence-corrected chi connectivity index (χ0v) is 14.6. The van der Waals surface area contributed by atoms with E-state index in [0.717, 1.165) is 37.5 Å². The second-order valence-electron chi connectivity index (χ2n) is 6.58. The molecule has 2 N–H and O–H groups in total. The smallest absolute Gasteiger partial charge is 0.191 e. The van der Waals surface area contributed by atoms with E-state index < -0.39 is 0 Å². The number of hydrogen-bond donors (Lipinski definition) is 2. The molecule has 0 spiro atoms. The number of ether oxygens (including phenoxy) is 1. The van der Waals surface area contributed by atoms with E-state index in [1.54, 1.807) is 0 Å². The Balaban J connectivity index is 1.84. The quantitative estimate of drug-likeness (QED) is 0.584. The lowest BCUT2D eigenvalue weighted by atomic mass is 9.89. The van der Waals surface area contributed by atoms with Crippen LogP contribution in [0.5, 0.6) is 0 Å². The summed E-state index contributed by atoms with van der Waals surface area (Å²) in [4.78, 5) is 4.78. The highest BCUT2D eigenvalue weighted by molar-refractivity contribution is 7.99. The Hall–Kier alpha value is -0.420. The average molecular weight is 314 g/mol. The molecular formula is C16H31N3OS. The van der Waals surface area contributed by atoms with Crippen LogP contribution in [0.25, 0.3) is 0 Å². The van der Waals surface area contributed by atoms with Gasteiger partial charge in [-0.2, -0.15) is 11.8 Å². The van der Waals surface area contributed by atoms with Crippen LogP contribution in [0, 0.1) is 5.41 Å². The maximum atomic E-state index is 5.31. The molecule has 0 aromatic rings. The molecule has 2 atom stereocenters. The number of guanidine groups is 1. The van der Waals surface area contributed by atoms with Gasteiger partial charge in [0.1, 0.15) is 0 Å². The molecule has 5 heteroatoms. The van der Waals surface area contributed by atoms with E-state index >= 15 is 0 Å². The van der Waals surface area contributed by atoms with Crippen LogP contribution in [0.4, 0.5) is 0 Å². The third kappa shape index (κ3) is 5.37. The first kappa shape index (κ1) is 16.9. The van der Waals surface area contributed by atoms with Gasteiger partial charge in [-0.25, -0.2) is 0 Å². The molecule has 2 unspecified atom stereocenters. The Morgan fingerprint density at radius 3 is 2.76 bits per heavy atom. The van der Waals surface area contributed by atoms with Crippen LogP contribution in [-0.4, -0.2) is 49.3 Å². The molecule has 2 aliphatic rings. The van der Waals surface area contributed by atoms with Crippen molar-refractivity contribution in [2.75, 3.05) is 32.1 Å². The van der Waals surface area contributed by atoms with Crippen molar-refractivity contribution in [1.29, 1.82) is 0 Å². The molecule has 122 valence electrons. The summed E-state index contributed by atoms with van der Waals surface area (Å²) in [6, 6.07) is 0.575. The first-order chi connectivity index (χ1) is 10.1. The lowest BCUT2D eigenvalue weighted by Crippen LogP contribution is -2.47. The van der Waals surface area contributed by atoms with Crippen LogP contribution in [0.3, 0.4) is 0 Å². The van der Waals surface area contributed by atoms with Crippen molar-refractivity contribution >= 4 is 17.7 Å². The van der Waals surface area contributed by atoms with Gasteiger partial charge < -0.3 is 15.4 Å². The third-order valence-corrected chi connectivity index (χ3v) is 5.47. The predicted molar refractivity (Wildman–Crippen MR) is 92.2 cm³/mol. The van der Waals surface area contributed by atoms with Crippen LogP contribution >= 0.6 is 11.8 Å². The van der Waals surface area contributed by atoms with Crippen LogP contribution in [0.1, 0.15) is 46.5 Å². The summed E-state index contributed by atoms with van der Waals surface area (Å²) < 4.78 is 5.31. The number of hydrogen-bond acceptors (Lipinski definition) is 3. The van der Waals surface area contributed by atoms with Crippen molar-refractivity contribution in [1.82, 2.24) is 10.6 Å². The summed E-state index contributed by atoms with van der Waals surface area (Å²) >= 11 is 2.11. The maximum absolute atomic E-state index is 5.31. The van der Waals surface area contributed by atoms with Crippen molar-refractivity contribution < 1.29 is 4.74 Å². The Kier molecular flexibility index (Phi) is 6.68. The molecule has 0 radical (unpaired) electrons. The summed E-state index contributed by atoms with van der Waals surface area (Å²) in [7, 11) is 0. The summed E-state index contributed by atoms with van der Waals surface area (Å²) in [5.41, 5.74) is 0.246. The summed E-state index contributed by atoms with van der Waals surface area (Å²) in [6.07, 6.45) is 5.24. The van der Waals surface area contributed by atoms with E-state index in [4.69, 9.17) is 9.73 Å². The van der Waals surface area contributed by atoms with E-state index in [0.29, 0.717) is 6.04 Å². The van der Waals surface area contributed by atoms with Crippen molar-refractivity contribution in [2.24, 2.45) is 10.4 Å². The van der Waals surface area contributed by atoms with Crippen LogP contribution in [0.15, 0.2) is 4.99 Å². The standard InChI is InChI=1S/C16H31N3OS/c1-4-17-15(18-10-16(3)11-20-12-16)19-13-7-6-8-14(9-13)21-5-2/h13-14H,4-12H2,1-3H3,(H2,17,18,19). The predicted octanol–water partition coefficient (Wildman–Crippen LogP) is 2.64. The van der Waals surface area contributed by atoms with Crippen molar-refractivity contribution in [3.8, 4) is 0 Å². The molecule has 1 aliphatic heterocycles. The van der Waals surface area contributed by atoms with Crippen molar-refractivity contribution in [2.45, 2.75) is 57.7 Å². The highest BCUT2D eigenvalue weighted by atomic mass is 32.2. The zero-order chi connectivity index (χ0) is 15.1. The minimum Gasteiger partial charge on any atom is -0.380 e. The number of nitrogens with zero attached hydrogens (tertiary/aromatic N) is 1. The lowest BCUT2D eigenvalue weighted by Gasteiger charge is -2.37. The first-order valence-electron chi connectivity index (χ1n) is 8.39. The Morgan fingerprint density at radius 1 is 1.33 bits per heavy atom. The van der Waals surface area contributed by atoms with Crippen molar-refractivity contribution in [3.63, 3.8) is 0 Å². The number of thioether (sulfide) groups is 1. The van der Waals surface area contributed by atoms with Gasteiger partial charge in [-0.15, -0.1) is 0 Å². The molecule has 4 nitrogen and oxygen atoms in total. The number of aliphatic imine (C=N–C) groups is 1. The molecule has 21 heavy (non-hydrogen) atoms. The molecule has 1 saturated carbocycles. The van der Waals surface area contributed by atoms with Gasteiger partial charge in [0.05, 0.1) is 19.8 Å². The molecule has 0 amide bonds. The molecule has 1 heterocycles. The minimum absolute atomic E-state index is 0.246. The summed E-state index contributed by atoms with van der Waals surface area (Å²) in [5.74, 6) is 2.21. The van der Waals surface area contributed by atoms with Crippen LogP contribution in [-0.2, 0) is 4.74 Å². The largest absolute Gasteiger partial charge is 0.380 e. The molecule has 2 fully saturated rings. The topological polar surface area (TPSA) is 45.7 Å². The molecule has 1 aliphatic carbocycles. The van der Waals surface area contributed by atoms with E-state index in [9.17, 15) is 0 Å². The normalized spacial score (nSPS) is 28.8. The summed E-state index contributed by atoms with van der Waals surface area (Å²) in [6.45, 7) is 10.1. The fourth-order valence-corrected chi connectivity index (χ4v) is 4.16. The molecule has 0 aromatic carbocycles. The monoisotopic (exact) mass is 313 g/mol. The van der Waals surface area contributed by atoms with Gasteiger partial charge >= 0.3 is 0 Å². The number of nitrogens with one attached hydrogen (secondary N) is 2. The fourth-order valence-electron chi connectivity index (χ4n) is 2.99. The van der Waals surface area contributed by atoms with Gasteiger partial charge in [-0.05, 0) is 31.9 Å². The molecular weight excluding hydrogens is 282 g/mol. The summed E-state index contributed by atoms with van der Waals surface area (Å²) in [5, 5.41) is 7.86. The molecule has 2 rings (SSSR count). The van der Waals surface area contributed by atoms with Gasteiger partial charge in [0.2, 0.25) is 0 Å². The van der Waals surface area contributed by atoms with E-state index in [2.05, 4.69) is 43.2 Å². The van der Waals surface area contributed by atoms with Gasteiger partial charge in [-0.3, -0.25) is 4.99 Å². The van der Waals surface area contributed by atoms with E-state index in [-0.39, 0.29) is 5.41 Å². The second kappa shape index (κ2) is 8.28. The lowest BCUT2D eigenvalue weighted by molar-refractivity contribution is -0.0945. The minimum atomic E-state index is 0.246. The van der Waals surface area contributed by atoms with Gasteiger partial charge in [0.25, 0.3) is 0 Å². The van der Waals surface area contributed by atoms with Crippen molar-refractivity contribution in [3.05, 3.63) is 0 Å². The van der Waals surface area contributed by atoms with Crippen LogP contribution < -0.4 is 10.6 Å². The number of rotatable bonds is 6. The highest BCUT2D eigenvalue weighted by Gasteiger charge is 2.33. The van der Waals surface area contributed by atoms with Gasteiger partial charge in [0.15, 0.2) is 5.96 Å². The molecule has 0 bridgehead atoms. The Morgan fingerprint density at radius 2 is 2.14 bits per heavy atom. The highest BCUT2D eigenvalue weighted by Crippen LogP contribution is 2.29. The SMILES string of the molecule is CCNC(=NCC1(C)COC1)NC1CCCC(SCC)C1. The maximum Gasteiger partial charge on any atom is 0.191 e. The average Bonchev–Trinajstić information content (AvgIpc) is 2.44. The van der Waals surface area contributed by atoms with E-state index in [1.807, 2.05) is 0 Å². The Bertz CT molecular complexity index is 342. The Labute approximate surface area is 133 Å². The fraction of sp³-hybridized carbons (Fsp3) is 0.938.